The molecule has 0 aliphatic rings. The Hall–Kier alpha value is -0.920. The van der Waals surface area contributed by atoms with Crippen LogP contribution in [0.3, 0.4) is 0 Å². The Kier molecular flexibility index (Phi) is 4.06. The van der Waals surface area contributed by atoms with Gasteiger partial charge in [-0.3, -0.25) is 0 Å². The number of sulfonamides is 1. The van der Waals surface area contributed by atoms with Crippen molar-refractivity contribution in [2.45, 2.75) is 11.5 Å². The van der Waals surface area contributed by atoms with E-state index in [1.807, 2.05) is 0 Å². The van der Waals surface area contributed by atoms with E-state index in [0.717, 1.165) is 18.2 Å². The third-order valence-electron chi connectivity index (χ3n) is 1.70. The third kappa shape index (κ3) is 3.03. The number of benzene rings is 1. The zero-order valence-electron chi connectivity index (χ0n) is 8.08. The van der Waals surface area contributed by atoms with Crippen molar-refractivity contribution >= 4 is 21.6 Å². The van der Waals surface area contributed by atoms with Crippen LogP contribution in [0, 0.1) is 0 Å². The lowest BCUT2D eigenvalue weighted by atomic mass is 10.3. The third-order valence-corrected chi connectivity index (χ3v) is 3.41. The molecule has 0 spiro atoms. The zero-order chi connectivity index (χ0) is 12.3. The van der Waals surface area contributed by atoms with Crippen LogP contribution in [0.5, 0.6) is 5.75 Å². The highest BCUT2D eigenvalue weighted by Gasteiger charge is 2.15. The number of hydrogen-bond acceptors (Lipinski definition) is 3. The van der Waals surface area contributed by atoms with Crippen molar-refractivity contribution < 1.29 is 21.9 Å². The van der Waals surface area contributed by atoms with Crippen molar-refractivity contribution in [3.05, 3.63) is 23.2 Å². The Morgan fingerprint density at radius 1 is 1.44 bits per heavy atom. The van der Waals surface area contributed by atoms with E-state index < -0.39 is 16.6 Å². The lowest BCUT2D eigenvalue weighted by Crippen LogP contribution is -2.18. The van der Waals surface area contributed by atoms with Crippen LogP contribution in [0.1, 0.15) is 0 Å². The molecule has 1 aromatic carbocycles. The highest BCUT2D eigenvalue weighted by atomic mass is 35.5. The average molecular weight is 272 g/mol. The second-order valence-electron chi connectivity index (χ2n) is 2.68. The fourth-order valence-corrected chi connectivity index (χ4v) is 2.00. The van der Waals surface area contributed by atoms with Gasteiger partial charge in [0.1, 0.15) is 5.75 Å². The molecule has 8 heteroatoms. The van der Waals surface area contributed by atoms with Gasteiger partial charge in [0, 0.05) is 0 Å². The summed E-state index contributed by atoms with van der Waals surface area (Å²) in [6.07, 6.45) is 0. The van der Waals surface area contributed by atoms with Gasteiger partial charge in [0.2, 0.25) is 10.0 Å². The Labute approximate surface area is 96.2 Å². The smallest absolute Gasteiger partial charge is 0.387 e. The lowest BCUT2D eigenvalue weighted by molar-refractivity contribution is -0.0498. The minimum absolute atomic E-state index is 0.124. The average Bonchev–Trinajstić information content (AvgIpc) is 2.20. The Bertz CT molecular complexity index is 478. The van der Waals surface area contributed by atoms with Crippen LogP contribution in [0.4, 0.5) is 8.78 Å². The second kappa shape index (κ2) is 4.94. The molecule has 1 aromatic rings. The molecule has 1 rings (SSSR count). The molecule has 0 heterocycles. The molecule has 0 saturated carbocycles. The van der Waals surface area contributed by atoms with Gasteiger partial charge in [-0.15, -0.1) is 0 Å². The predicted molar refractivity (Wildman–Crippen MR) is 54.3 cm³/mol. The molecule has 0 aromatic heterocycles. The maximum atomic E-state index is 11.9. The van der Waals surface area contributed by atoms with Gasteiger partial charge in [-0.05, 0) is 25.2 Å². The summed E-state index contributed by atoms with van der Waals surface area (Å²) in [5.41, 5.74) is 0. The number of ether oxygens (including phenoxy) is 1. The van der Waals surface area contributed by atoms with Crippen LogP contribution in [0.2, 0.25) is 5.02 Å². The van der Waals surface area contributed by atoms with Crippen molar-refractivity contribution in [1.29, 1.82) is 0 Å². The first-order chi connectivity index (χ1) is 7.36. The van der Waals surface area contributed by atoms with Crippen LogP contribution >= 0.6 is 11.6 Å². The number of nitrogens with one attached hydrogen (secondary N) is 1. The van der Waals surface area contributed by atoms with Gasteiger partial charge >= 0.3 is 6.61 Å². The first kappa shape index (κ1) is 13.1. The number of hydrogen-bond donors (Lipinski definition) is 1. The van der Waals surface area contributed by atoms with Crippen molar-refractivity contribution in [2.75, 3.05) is 7.05 Å². The molecule has 0 bridgehead atoms. The Balaban J connectivity index is 3.09. The number of alkyl halides is 2. The van der Waals surface area contributed by atoms with Crippen molar-refractivity contribution in [3.63, 3.8) is 0 Å². The number of rotatable bonds is 4. The summed E-state index contributed by atoms with van der Waals surface area (Å²) in [5, 5.41) is -0.198. The van der Waals surface area contributed by atoms with Gasteiger partial charge in [-0.1, -0.05) is 11.6 Å². The SMILES string of the molecule is CNS(=O)(=O)c1ccc(OC(F)F)c(Cl)c1. The van der Waals surface area contributed by atoms with E-state index >= 15 is 0 Å². The molecular weight excluding hydrogens is 264 g/mol. The molecule has 0 radical (unpaired) electrons. The largest absolute Gasteiger partial charge is 0.433 e. The molecule has 0 amide bonds. The van der Waals surface area contributed by atoms with Crippen LogP contribution in [-0.2, 0) is 10.0 Å². The van der Waals surface area contributed by atoms with E-state index in [1.165, 1.54) is 7.05 Å². The van der Waals surface area contributed by atoms with E-state index in [1.54, 1.807) is 0 Å². The first-order valence-corrected chi connectivity index (χ1v) is 5.91. The van der Waals surface area contributed by atoms with E-state index in [2.05, 4.69) is 9.46 Å². The lowest BCUT2D eigenvalue weighted by Gasteiger charge is -2.08. The van der Waals surface area contributed by atoms with Crippen LogP contribution < -0.4 is 9.46 Å². The summed E-state index contributed by atoms with van der Waals surface area (Å²) in [5.74, 6) is -0.272. The molecule has 0 fully saturated rings. The summed E-state index contributed by atoms with van der Waals surface area (Å²) < 4.78 is 52.6. The molecule has 0 atom stereocenters. The summed E-state index contributed by atoms with van der Waals surface area (Å²) in [4.78, 5) is -0.124. The minimum atomic E-state index is -3.64. The van der Waals surface area contributed by atoms with Gasteiger partial charge < -0.3 is 4.74 Å². The number of halogens is 3. The Morgan fingerprint density at radius 3 is 2.50 bits per heavy atom. The molecule has 16 heavy (non-hydrogen) atoms. The van der Waals surface area contributed by atoms with E-state index in [-0.39, 0.29) is 15.7 Å². The maximum Gasteiger partial charge on any atom is 0.387 e. The summed E-state index contributed by atoms with van der Waals surface area (Å²) >= 11 is 5.59. The molecule has 0 saturated heterocycles. The fraction of sp³-hybridized carbons (Fsp3) is 0.250. The second-order valence-corrected chi connectivity index (χ2v) is 4.97. The van der Waals surface area contributed by atoms with E-state index in [9.17, 15) is 17.2 Å². The minimum Gasteiger partial charge on any atom is -0.433 e. The van der Waals surface area contributed by atoms with Crippen molar-refractivity contribution in [1.82, 2.24) is 4.72 Å². The van der Waals surface area contributed by atoms with Gasteiger partial charge in [0.15, 0.2) is 0 Å². The van der Waals surface area contributed by atoms with Gasteiger partial charge in [-0.2, -0.15) is 8.78 Å². The Morgan fingerprint density at radius 2 is 2.06 bits per heavy atom. The van der Waals surface area contributed by atoms with Crippen molar-refractivity contribution in [2.24, 2.45) is 0 Å². The van der Waals surface area contributed by atoms with E-state index in [4.69, 9.17) is 11.6 Å². The zero-order valence-corrected chi connectivity index (χ0v) is 9.65. The van der Waals surface area contributed by atoms with Gasteiger partial charge in [0.05, 0.1) is 9.92 Å². The summed E-state index contributed by atoms with van der Waals surface area (Å²) in [6, 6.07) is 3.22. The van der Waals surface area contributed by atoms with Crippen molar-refractivity contribution in [3.8, 4) is 5.75 Å². The summed E-state index contributed by atoms with van der Waals surface area (Å²) in [6.45, 7) is -3.01. The monoisotopic (exact) mass is 271 g/mol. The van der Waals surface area contributed by atoms with Gasteiger partial charge in [-0.25, -0.2) is 13.1 Å². The standard InChI is InChI=1S/C8H8ClF2NO3S/c1-12-16(13,14)5-2-3-7(6(9)4-5)15-8(10)11/h2-4,8,12H,1H3. The van der Waals surface area contributed by atoms with Gasteiger partial charge in [0.25, 0.3) is 0 Å². The normalized spacial score (nSPS) is 11.8. The summed E-state index contributed by atoms with van der Waals surface area (Å²) in [7, 11) is -2.41. The maximum absolute atomic E-state index is 11.9. The quantitative estimate of drug-likeness (QED) is 0.909. The molecule has 4 nitrogen and oxygen atoms in total. The van der Waals surface area contributed by atoms with Crippen LogP contribution in [0.25, 0.3) is 0 Å². The topological polar surface area (TPSA) is 55.4 Å². The van der Waals surface area contributed by atoms with Crippen LogP contribution in [-0.4, -0.2) is 22.1 Å². The molecule has 1 N–H and O–H groups in total. The first-order valence-electron chi connectivity index (χ1n) is 4.04. The predicted octanol–water partition coefficient (Wildman–Crippen LogP) is 1.85. The molecular formula is C8H8ClF2NO3S. The highest BCUT2D eigenvalue weighted by Crippen LogP contribution is 2.28. The van der Waals surface area contributed by atoms with Crippen LogP contribution in [0.15, 0.2) is 23.1 Å². The molecule has 0 unspecified atom stereocenters. The molecule has 0 aliphatic heterocycles. The van der Waals surface area contributed by atoms with E-state index in [0.29, 0.717) is 0 Å². The molecule has 0 aliphatic carbocycles. The fourth-order valence-electron chi connectivity index (χ4n) is 0.958. The molecule has 90 valence electrons. The highest BCUT2D eigenvalue weighted by molar-refractivity contribution is 7.89.